The smallest absolute Gasteiger partial charge is 0.337 e. The molecule has 1 atom stereocenters. The lowest BCUT2D eigenvalue weighted by atomic mass is 9.82. The molecule has 28 heavy (non-hydrogen) atoms. The first-order chi connectivity index (χ1) is 13.7. The van der Waals surface area contributed by atoms with Gasteiger partial charge in [0.05, 0.1) is 28.9 Å². The summed E-state index contributed by atoms with van der Waals surface area (Å²) in [6.07, 6.45) is 8.31. The van der Waals surface area contributed by atoms with Gasteiger partial charge in [-0.1, -0.05) is 19.3 Å². The molecule has 1 aliphatic rings. The quantitative estimate of drug-likeness (QED) is 0.529. The topological polar surface area (TPSA) is 51.2 Å². The zero-order chi connectivity index (χ0) is 19.5. The molecule has 1 aromatic carbocycles. The van der Waals surface area contributed by atoms with E-state index in [4.69, 9.17) is 4.74 Å². The molecular weight excluding hydrogens is 368 g/mol. The van der Waals surface area contributed by atoms with Gasteiger partial charge in [0, 0.05) is 16.8 Å². The second kappa shape index (κ2) is 8.31. The van der Waals surface area contributed by atoms with E-state index in [1.807, 2.05) is 47.9 Å². The van der Waals surface area contributed by atoms with Gasteiger partial charge in [-0.15, -0.1) is 11.3 Å². The number of carbonyl (C=O) groups is 1. The molecule has 0 saturated heterocycles. The maximum Gasteiger partial charge on any atom is 0.337 e. The fraction of sp³-hybridized carbons (Fsp3) is 0.391. The molecule has 1 N–H and O–H groups in total. The third-order valence-corrected chi connectivity index (χ3v) is 7.08. The number of nitrogens with one attached hydrogen (secondary N) is 1. The largest absolute Gasteiger partial charge is 0.465 e. The van der Waals surface area contributed by atoms with Crippen LogP contribution in [0, 0.1) is 12.8 Å². The Kier molecular flexibility index (Phi) is 5.62. The predicted octanol–water partition coefficient (Wildman–Crippen LogP) is 6.12. The minimum absolute atomic E-state index is 0.267. The summed E-state index contributed by atoms with van der Waals surface area (Å²) < 4.78 is 6.06. The summed E-state index contributed by atoms with van der Waals surface area (Å²) in [6.45, 7) is 2.19. The maximum absolute atomic E-state index is 11.7. The van der Waals surface area contributed by atoms with Crippen LogP contribution < -0.4 is 5.32 Å². The second-order valence-corrected chi connectivity index (χ2v) is 8.61. The predicted molar refractivity (Wildman–Crippen MR) is 115 cm³/mol. The van der Waals surface area contributed by atoms with Crippen LogP contribution in [0.15, 0.2) is 42.6 Å². The molecule has 2 heterocycles. The Labute approximate surface area is 169 Å². The van der Waals surface area contributed by atoms with Crippen molar-refractivity contribution in [2.75, 3.05) is 12.4 Å². The molecule has 0 aliphatic heterocycles. The SMILES string of the molecule is COC(=O)c1ccc(NC(c2sc3cccnc3c2C)C2CCCCC2)cc1. The summed E-state index contributed by atoms with van der Waals surface area (Å²) in [6, 6.07) is 12.0. The lowest BCUT2D eigenvalue weighted by Crippen LogP contribution is -2.23. The second-order valence-electron chi connectivity index (χ2n) is 7.53. The highest BCUT2D eigenvalue weighted by atomic mass is 32.1. The molecule has 1 fully saturated rings. The number of nitrogens with zero attached hydrogens (tertiary/aromatic N) is 1. The van der Waals surface area contributed by atoms with Crippen LogP contribution in [0.5, 0.6) is 0 Å². The highest BCUT2D eigenvalue weighted by molar-refractivity contribution is 7.19. The molecule has 146 valence electrons. The van der Waals surface area contributed by atoms with Crippen LogP contribution in [0.4, 0.5) is 5.69 Å². The van der Waals surface area contributed by atoms with E-state index >= 15 is 0 Å². The Morgan fingerprint density at radius 2 is 1.93 bits per heavy atom. The average molecular weight is 395 g/mol. The molecule has 0 spiro atoms. The Balaban J connectivity index is 1.67. The number of methoxy groups -OCH3 is 1. The van der Waals surface area contributed by atoms with Crippen LogP contribution in [-0.2, 0) is 4.74 Å². The molecule has 2 aromatic heterocycles. The number of hydrogen-bond acceptors (Lipinski definition) is 5. The molecule has 4 rings (SSSR count). The van der Waals surface area contributed by atoms with Crippen LogP contribution in [-0.4, -0.2) is 18.1 Å². The van der Waals surface area contributed by atoms with Crippen LogP contribution in [0.2, 0.25) is 0 Å². The van der Waals surface area contributed by atoms with E-state index in [0.717, 1.165) is 11.2 Å². The number of rotatable bonds is 5. The first-order valence-corrected chi connectivity index (χ1v) is 10.8. The molecule has 1 saturated carbocycles. The van der Waals surface area contributed by atoms with Crippen LogP contribution in [0.25, 0.3) is 10.2 Å². The normalized spacial score (nSPS) is 16.1. The number of ether oxygens (including phenoxy) is 1. The number of thiophene rings is 1. The summed E-state index contributed by atoms with van der Waals surface area (Å²) in [5, 5.41) is 3.78. The van der Waals surface area contributed by atoms with Crippen molar-refractivity contribution in [2.24, 2.45) is 5.92 Å². The Morgan fingerprint density at radius 1 is 1.18 bits per heavy atom. The number of aryl methyl sites for hydroxylation is 1. The highest BCUT2D eigenvalue weighted by Gasteiger charge is 2.28. The van der Waals surface area contributed by atoms with E-state index in [-0.39, 0.29) is 12.0 Å². The van der Waals surface area contributed by atoms with Gasteiger partial charge in [-0.2, -0.15) is 0 Å². The number of esters is 1. The monoisotopic (exact) mass is 394 g/mol. The van der Waals surface area contributed by atoms with Crippen molar-refractivity contribution >= 4 is 33.2 Å². The van der Waals surface area contributed by atoms with Gasteiger partial charge >= 0.3 is 5.97 Å². The number of fused-ring (bicyclic) bond motifs is 1. The summed E-state index contributed by atoms with van der Waals surface area (Å²) in [5.74, 6) is 0.308. The van der Waals surface area contributed by atoms with E-state index in [1.54, 1.807) is 0 Å². The Hall–Kier alpha value is -2.40. The average Bonchev–Trinajstić information content (AvgIpc) is 3.09. The van der Waals surface area contributed by atoms with Crippen molar-refractivity contribution in [3.8, 4) is 0 Å². The van der Waals surface area contributed by atoms with Crippen LogP contribution in [0.3, 0.4) is 0 Å². The van der Waals surface area contributed by atoms with E-state index in [0.29, 0.717) is 11.5 Å². The minimum atomic E-state index is -0.304. The van der Waals surface area contributed by atoms with Gasteiger partial charge in [0.2, 0.25) is 0 Å². The van der Waals surface area contributed by atoms with Crippen molar-refractivity contribution in [3.05, 3.63) is 58.6 Å². The number of anilines is 1. The minimum Gasteiger partial charge on any atom is -0.465 e. The van der Waals surface area contributed by atoms with Crippen LogP contribution >= 0.6 is 11.3 Å². The molecule has 4 nitrogen and oxygen atoms in total. The molecule has 1 unspecified atom stereocenters. The fourth-order valence-electron chi connectivity index (χ4n) is 4.23. The third kappa shape index (κ3) is 3.76. The molecule has 0 radical (unpaired) electrons. The van der Waals surface area contributed by atoms with Gasteiger partial charge in [-0.25, -0.2) is 4.79 Å². The standard InChI is InChI=1S/C23H26N2O2S/c1-15-20-19(9-6-14-24-20)28-22(15)21(16-7-4-3-5-8-16)25-18-12-10-17(11-13-18)23(26)27-2/h6,9-14,16,21,25H,3-5,7-8H2,1-2H3. The van der Waals surface area contributed by atoms with E-state index in [2.05, 4.69) is 23.3 Å². The van der Waals surface area contributed by atoms with Gasteiger partial charge < -0.3 is 10.1 Å². The number of benzene rings is 1. The highest BCUT2D eigenvalue weighted by Crippen LogP contribution is 2.42. The molecule has 3 aromatic rings. The van der Waals surface area contributed by atoms with E-state index < -0.39 is 0 Å². The van der Waals surface area contributed by atoms with Crippen molar-refractivity contribution in [1.29, 1.82) is 0 Å². The van der Waals surface area contributed by atoms with Crippen molar-refractivity contribution in [1.82, 2.24) is 4.98 Å². The maximum atomic E-state index is 11.7. The first-order valence-electron chi connectivity index (χ1n) is 9.96. The number of pyridine rings is 1. The summed E-state index contributed by atoms with van der Waals surface area (Å²) >= 11 is 1.86. The zero-order valence-electron chi connectivity index (χ0n) is 16.4. The van der Waals surface area contributed by atoms with E-state index in [9.17, 15) is 4.79 Å². The summed E-state index contributed by atoms with van der Waals surface area (Å²) in [7, 11) is 1.41. The van der Waals surface area contributed by atoms with Crippen molar-refractivity contribution < 1.29 is 9.53 Å². The number of aromatic nitrogens is 1. The Morgan fingerprint density at radius 3 is 2.61 bits per heavy atom. The van der Waals surface area contributed by atoms with E-state index in [1.165, 1.54) is 54.4 Å². The van der Waals surface area contributed by atoms with Crippen molar-refractivity contribution in [3.63, 3.8) is 0 Å². The molecule has 5 heteroatoms. The third-order valence-electron chi connectivity index (χ3n) is 5.75. The Bertz CT molecular complexity index is 958. The van der Waals surface area contributed by atoms with Gasteiger partial charge in [0.25, 0.3) is 0 Å². The molecular formula is C23H26N2O2S. The molecule has 0 bridgehead atoms. The van der Waals surface area contributed by atoms with Gasteiger partial charge in [-0.05, 0) is 67.6 Å². The van der Waals surface area contributed by atoms with Gasteiger partial charge in [0.1, 0.15) is 0 Å². The number of carbonyl (C=O) groups excluding carboxylic acids is 1. The van der Waals surface area contributed by atoms with Crippen LogP contribution in [0.1, 0.15) is 58.9 Å². The lowest BCUT2D eigenvalue weighted by Gasteiger charge is -2.31. The molecule has 1 aliphatic carbocycles. The zero-order valence-corrected chi connectivity index (χ0v) is 17.2. The lowest BCUT2D eigenvalue weighted by molar-refractivity contribution is 0.0601. The summed E-state index contributed by atoms with van der Waals surface area (Å²) in [5.41, 5.74) is 4.01. The fourth-order valence-corrected chi connectivity index (χ4v) is 5.54. The first kappa shape index (κ1) is 18.9. The van der Waals surface area contributed by atoms with Gasteiger partial charge in [0.15, 0.2) is 0 Å². The van der Waals surface area contributed by atoms with Crippen molar-refractivity contribution in [2.45, 2.75) is 45.1 Å². The number of hydrogen-bond donors (Lipinski definition) is 1. The van der Waals surface area contributed by atoms with Gasteiger partial charge in [-0.3, -0.25) is 4.98 Å². The molecule has 0 amide bonds. The summed E-state index contributed by atoms with van der Waals surface area (Å²) in [4.78, 5) is 17.7.